The van der Waals surface area contributed by atoms with Crippen LogP contribution in [0, 0.1) is 0 Å². The highest BCUT2D eigenvalue weighted by Gasteiger charge is 2.09. The van der Waals surface area contributed by atoms with Gasteiger partial charge in [0.15, 0.2) is 0 Å². The largest absolute Gasteiger partial charge is 0.296 e. The molecule has 0 saturated carbocycles. The average molecular weight is 131 g/mol. The molecule has 0 aliphatic rings. The standard InChI is InChI=1S/C7H17NO/c1-6(2)8-9-7(3,4)5/h6,8H,1-5H3. The summed E-state index contributed by atoms with van der Waals surface area (Å²) in [4.78, 5) is 5.24. The molecule has 56 valence electrons. The third kappa shape index (κ3) is 7.92. The van der Waals surface area contributed by atoms with Crippen LogP contribution in [0.5, 0.6) is 0 Å². The molecule has 0 bridgehead atoms. The van der Waals surface area contributed by atoms with Gasteiger partial charge in [0, 0.05) is 6.04 Å². The first-order valence-electron chi connectivity index (χ1n) is 3.35. The van der Waals surface area contributed by atoms with Gasteiger partial charge in [-0.1, -0.05) is 0 Å². The number of hydroxylamine groups is 1. The molecule has 0 unspecified atom stereocenters. The molecule has 2 heteroatoms. The molecule has 2 nitrogen and oxygen atoms in total. The maximum Gasteiger partial charge on any atom is 0.0813 e. The first-order valence-corrected chi connectivity index (χ1v) is 3.35. The number of hydrogen-bond donors (Lipinski definition) is 1. The predicted molar refractivity (Wildman–Crippen MR) is 39.1 cm³/mol. The Balaban J connectivity index is 3.28. The zero-order valence-electron chi connectivity index (χ0n) is 6.99. The van der Waals surface area contributed by atoms with Gasteiger partial charge in [-0.25, -0.2) is 0 Å². The summed E-state index contributed by atoms with van der Waals surface area (Å²) in [6.07, 6.45) is 0. The van der Waals surface area contributed by atoms with Gasteiger partial charge in [-0.15, -0.1) is 0 Å². The van der Waals surface area contributed by atoms with Gasteiger partial charge in [0.25, 0.3) is 0 Å². The van der Waals surface area contributed by atoms with E-state index in [-0.39, 0.29) is 5.60 Å². The van der Waals surface area contributed by atoms with Crippen molar-refractivity contribution >= 4 is 0 Å². The summed E-state index contributed by atoms with van der Waals surface area (Å²) >= 11 is 0. The molecule has 0 aromatic heterocycles. The maximum atomic E-state index is 5.24. The Morgan fingerprint density at radius 3 is 1.78 bits per heavy atom. The van der Waals surface area contributed by atoms with Crippen molar-refractivity contribution in [3.05, 3.63) is 0 Å². The third-order valence-corrected chi connectivity index (χ3v) is 0.601. The minimum Gasteiger partial charge on any atom is -0.296 e. The molecule has 0 aliphatic carbocycles. The van der Waals surface area contributed by atoms with Crippen LogP contribution in [0.25, 0.3) is 0 Å². The van der Waals surface area contributed by atoms with Gasteiger partial charge in [-0.2, -0.15) is 5.48 Å². The Kier molecular flexibility index (Phi) is 3.15. The van der Waals surface area contributed by atoms with E-state index >= 15 is 0 Å². The number of hydrogen-bond acceptors (Lipinski definition) is 2. The van der Waals surface area contributed by atoms with Crippen molar-refractivity contribution in [3.63, 3.8) is 0 Å². The van der Waals surface area contributed by atoms with Gasteiger partial charge < -0.3 is 0 Å². The number of nitrogens with one attached hydrogen (secondary N) is 1. The van der Waals surface area contributed by atoms with Crippen LogP contribution in [0.2, 0.25) is 0 Å². The van der Waals surface area contributed by atoms with E-state index in [1.54, 1.807) is 0 Å². The van der Waals surface area contributed by atoms with E-state index in [0.29, 0.717) is 6.04 Å². The molecule has 0 fully saturated rings. The normalized spacial score (nSPS) is 12.7. The molecule has 9 heavy (non-hydrogen) atoms. The highest BCUT2D eigenvalue weighted by Crippen LogP contribution is 2.03. The monoisotopic (exact) mass is 131 g/mol. The molecule has 1 N–H and O–H groups in total. The predicted octanol–water partition coefficient (Wildman–Crippen LogP) is 1.71. The maximum absolute atomic E-state index is 5.24. The Morgan fingerprint density at radius 2 is 1.67 bits per heavy atom. The minimum absolute atomic E-state index is 0.0791. The fraction of sp³-hybridized carbons (Fsp3) is 1.00. The van der Waals surface area contributed by atoms with Gasteiger partial charge in [0.1, 0.15) is 0 Å². The zero-order chi connectivity index (χ0) is 7.49. The summed E-state index contributed by atoms with van der Waals surface area (Å²) in [5.74, 6) is 0. The lowest BCUT2D eigenvalue weighted by atomic mass is 10.2. The lowest BCUT2D eigenvalue weighted by Gasteiger charge is -2.20. The quantitative estimate of drug-likeness (QED) is 0.576. The summed E-state index contributed by atoms with van der Waals surface area (Å²) in [7, 11) is 0. The van der Waals surface area contributed by atoms with Crippen LogP contribution in [0.15, 0.2) is 0 Å². The molecule has 0 rings (SSSR count). The topological polar surface area (TPSA) is 21.3 Å². The smallest absolute Gasteiger partial charge is 0.0813 e. The van der Waals surface area contributed by atoms with Crippen molar-refractivity contribution in [2.24, 2.45) is 0 Å². The first kappa shape index (κ1) is 8.92. The lowest BCUT2D eigenvalue weighted by Crippen LogP contribution is -2.33. The fourth-order valence-electron chi connectivity index (χ4n) is 0.295. The Hall–Kier alpha value is -0.0800. The van der Waals surface area contributed by atoms with Crippen molar-refractivity contribution in [2.45, 2.75) is 46.3 Å². The van der Waals surface area contributed by atoms with Crippen LogP contribution in [-0.4, -0.2) is 11.6 Å². The SMILES string of the molecule is CC(C)NOC(C)(C)C. The molecule has 0 heterocycles. The van der Waals surface area contributed by atoms with E-state index in [4.69, 9.17) is 4.84 Å². The first-order chi connectivity index (χ1) is 3.92. The molecule has 0 aliphatic heterocycles. The highest BCUT2D eigenvalue weighted by atomic mass is 16.7. The highest BCUT2D eigenvalue weighted by molar-refractivity contribution is 4.57. The number of rotatable bonds is 2. The van der Waals surface area contributed by atoms with Crippen LogP contribution in [0.1, 0.15) is 34.6 Å². The van der Waals surface area contributed by atoms with Crippen molar-refractivity contribution in [2.75, 3.05) is 0 Å². The van der Waals surface area contributed by atoms with Gasteiger partial charge in [0.05, 0.1) is 5.60 Å². The van der Waals surface area contributed by atoms with Gasteiger partial charge in [-0.05, 0) is 34.6 Å². The minimum atomic E-state index is -0.0791. The van der Waals surface area contributed by atoms with Crippen LogP contribution in [0.4, 0.5) is 0 Å². The van der Waals surface area contributed by atoms with E-state index in [9.17, 15) is 0 Å². The molecule has 0 spiro atoms. The van der Waals surface area contributed by atoms with E-state index in [1.165, 1.54) is 0 Å². The average Bonchev–Trinajstić information content (AvgIpc) is 1.59. The van der Waals surface area contributed by atoms with Gasteiger partial charge in [0.2, 0.25) is 0 Å². The summed E-state index contributed by atoms with van der Waals surface area (Å²) in [6, 6.07) is 0.393. The second-order valence-corrected chi connectivity index (χ2v) is 3.49. The Labute approximate surface area is 57.5 Å². The van der Waals surface area contributed by atoms with Crippen molar-refractivity contribution in [3.8, 4) is 0 Å². The van der Waals surface area contributed by atoms with Crippen LogP contribution in [0.3, 0.4) is 0 Å². The molecule has 0 aromatic rings. The van der Waals surface area contributed by atoms with Crippen molar-refractivity contribution in [1.82, 2.24) is 5.48 Å². The molecule has 0 saturated heterocycles. The van der Waals surface area contributed by atoms with Gasteiger partial charge in [-0.3, -0.25) is 4.84 Å². The summed E-state index contributed by atoms with van der Waals surface area (Å²) < 4.78 is 0. The Bertz CT molecular complexity index is 73.5. The zero-order valence-corrected chi connectivity index (χ0v) is 6.99. The van der Waals surface area contributed by atoms with Gasteiger partial charge >= 0.3 is 0 Å². The van der Waals surface area contributed by atoms with E-state index in [2.05, 4.69) is 5.48 Å². The second kappa shape index (κ2) is 3.18. The van der Waals surface area contributed by atoms with Crippen molar-refractivity contribution in [1.29, 1.82) is 0 Å². The summed E-state index contributed by atoms with van der Waals surface area (Å²) in [5, 5.41) is 0. The van der Waals surface area contributed by atoms with E-state index in [1.807, 2.05) is 34.6 Å². The Morgan fingerprint density at radius 1 is 1.22 bits per heavy atom. The lowest BCUT2D eigenvalue weighted by molar-refractivity contribution is -0.0834. The molecule has 0 radical (unpaired) electrons. The molecular formula is C7H17NO. The van der Waals surface area contributed by atoms with Crippen molar-refractivity contribution < 1.29 is 4.84 Å². The third-order valence-electron chi connectivity index (χ3n) is 0.601. The molecule has 0 amide bonds. The second-order valence-electron chi connectivity index (χ2n) is 3.49. The van der Waals surface area contributed by atoms with Crippen LogP contribution >= 0.6 is 0 Å². The van der Waals surface area contributed by atoms with E-state index < -0.39 is 0 Å². The van der Waals surface area contributed by atoms with Crippen LogP contribution < -0.4 is 5.48 Å². The fourth-order valence-corrected chi connectivity index (χ4v) is 0.295. The molecule has 0 aromatic carbocycles. The van der Waals surface area contributed by atoms with Crippen LogP contribution in [-0.2, 0) is 4.84 Å². The summed E-state index contributed by atoms with van der Waals surface area (Å²) in [5.41, 5.74) is 2.81. The van der Waals surface area contributed by atoms with E-state index in [0.717, 1.165) is 0 Å². The molecular weight excluding hydrogens is 114 g/mol. The molecule has 0 atom stereocenters. The summed E-state index contributed by atoms with van der Waals surface area (Å²) in [6.45, 7) is 10.1.